The first kappa shape index (κ1) is 18.1. The van der Waals surface area contributed by atoms with Crippen molar-refractivity contribution in [2.24, 2.45) is 0 Å². The highest BCUT2D eigenvalue weighted by atomic mass is 19.1. The zero-order valence-electron chi connectivity index (χ0n) is 15.3. The predicted octanol–water partition coefficient (Wildman–Crippen LogP) is 2.90. The summed E-state index contributed by atoms with van der Waals surface area (Å²) in [6, 6.07) is 12.3. The molecule has 1 atom stereocenters. The molecule has 3 aromatic rings. The smallest absolute Gasteiger partial charge is 0.276 e. The first-order valence-electron chi connectivity index (χ1n) is 9.01. The van der Waals surface area contributed by atoms with Crippen LogP contribution in [0.1, 0.15) is 17.4 Å². The van der Waals surface area contributed by atoms with Crippen LogP contribution in [0.15, 0.2) is 54.7 Å². The Balaban J connectivity index is 1.47. The van der Waals surface area contributed by atoms with Gasteiger partial charge in [-0.15, -0.1) is 5.10 Å². The summed E-state index contributed by atoms with van der Waals surface area (Å²) in [6.45, 7) is 3.44. The quantitative estimate of drug-likeness (QED) is 0.698. The van der Waals surface area contributed by atoms with Gasteiger partial charge in [0.15, 0.2) is 5.69 Å². The van der Waals surface area contributed by atoms with Gasteiger partial charge in [0, 0.05) is 25.7 Å². The van der Waals surface area contributed by atoms with E-state index in [0.717, 1.165) is 0 Å². The molecule has 2 heterocycles. The van der Waals surface area contributed by atoms with Crippen molar-refractivity contribution in [3.8, 4) is 5.69 Å². The van der Waals surface area contributed by atoms with E-state index in [1.807, 2.05) is 11.8 Å². The maximum Gasteiger partial charge on any atom is 0.276 e. The molecule has 0 radical (unpaired) electrons. The molecule has 0 bridgehead atoms. The largest absolute Gasteiger partial charge is 0.365 e. The van der Waals surface area contributed by atoms with E-state index < -0.39 is 0 Å². The minimum absolute atomic E-state index is 0.114. The van der Waals surface area contributed by atoms with Crippen molar-refractivity contribution in [3.63, 3.8) is 0 Å². The van der Waals surface area contributed by atoms with Crippen LogP contribution in [0.4, 0.5) is 14.5 Å². The number of hydrogen-bond donors (Lipinski definition) is 0. The molecular weight excluding hydrogens is 364 g/mol. The van der Waals surface area contributed by atoms with E-state index in [0.29, 0.717) is 31.0 Å². The van der Waals surface area contributed by atoms with Crippen molar-refractivity contribution in [2.75, 3.05) is 24.5 Å². The second-order valence-corrected chi connectivity index (χ2v) is 6.77. The number of benzene rings is 2. The molecule has 0 spiro atoms. The van der Waals surface area contributed by atoms with E-state index in [9.17, 15) is 13.6 Å². The van der Waals surface area contributed by atoms with Gasteiger partial charge >= 0.3 is 0 Å². The average molecular weight is 383 g/mol. The molecule has 1 aliphatic rings. The first-order chi connectivity index (χ1) is 13.5. The topological polar surface area (TPSA) is 54.3 Å². The highest BCUT2D eigenvalue weighted by molar-refractivity contribution is 5.92. The zero-order chi connectivity index (χ0) is 19.7. The molecule has 2 aromatic carbocycles. The van der Waals surface area contributed by atoms with E-state index in [2.05, 4.69) is 10.3 Å². The van der Waals surface area contributed by atoms with Crippen LogP contribution in [0.25, 0.3) is 5.69 Å². The fourth-order valence-electron chi connectivity index (χ4n) is 3.42. The Bertz CT molecular complexity index is 988. The number of anilines is 1. The van der Waals surface area contributed by atoms with Crippen LogP contribution in [0.2, 0.25) is 0 Å². The fraction of sp³-hybridized carbons (Fsp3) is 0.250. The minimum Gasteiger partial charge on any atom is -0.365 e. The van der Waals surface area contributed by atoms with Crippen molar-refractivity contribution in [1.29, 1.82) is 0 Å². The molecule has 144 valence electrons. The van der Waals surface area contributed by atoms with Crippen LogP contribution in [0, 0.1) is 11.6 Å². The van der Waals surface area contributed by atoms with Gasteiger partial charge in [0.2, 0.25) is 0 Å². The van der Waals surface area contributed by atoms with Gasteiger partial charge in [-0.05, 0) is 43.3 Å². The monoisotopic (exact) mass is 383 g/mol. The molecule has 4 rings (SSSR count). The molecule has 0 saturated carbocycles. The molecule has 8 heteroatoms. The summed E-state index contributed by atoms with van der Waals surface area (Å²) in [5, 5.41) is 7.94. The summed E-state index contributed by atoms with van der Waals surface area (Å²) in [5.41, 5.74) is 1.38. The molecule has 1 aromatic heterocycles. The summed E-state index contributed by atoms with van der Waals surface area (Å²) in [7, 11) is 0. The number of carbonyl (C=O) groups excluding carboxylic acids is 1. The number of amides is 1. The SMILES string of the molecule is CC1CN(c2ccccc2F)CCN1C(=O)c1cn(-c2ccc(F)cc2)nn1. The lowest BCUT2D eigenvalue weighted by Gasteiger charge is -2.40. The summed E-state index contributed by atoms with van der Waals surface area (Å²) >= 11 is 0. The Hall–Kier alpha value is -3.29. The highest BCUT2D eigenvalue weighted by Gasteiger charge is 2.30. The van der Waals surface area contributed by atoms with Gasteiger partial charge in [0.1, 0.15) is 11.6 Å². The average Bonchev–Trinajstić information content (AvgIpc) is 3.18. The summed E-state index contributed by atoms with van der Waals surface area (Å²) in [5.74, 6) is -0.840. The Kier molecular flexibility index (Phi) is 4.77. The van der Waals surface area contributed by atoms with Crippen LogP contribution in [-0.2, 0) is 0 Å². The Morgan fingerprint density at radius 3 is 2.54 bits per heavy atom. The number of halogens is 2. The third kappa shape index (κ3) is 3.45. The van der Waals surface area contributed by atoms with Gasteiger partial charge in [0.25, 0.3) is 5.91 Å². The highest BCUT2D eigenvalue weighted by Crippen LogP contribution is 2.23. The maximum absolute atomic E-state index is 14.0. The van der Waals surface area contributed by atoms with Crippen LogP contribution in [0.5, 0.6) is 0 Å². The van der Waals surface area contributed by atoms with Crippen molar-refractivity contribution in [3.05, 3.63) is 72.1 Å². The van der Waals surface area contributed by atoms with Crippen molar-refractivity contribution < 1.29 is 13.6 Å². The number of para-hydroxylation sites is 1. The second kappa shape index (κ2) is 7.38. The van der Waals surface area contributed by atoms with Gasteiger partial charge < -0.3 is 9.80 Å². The molecule has 1 saturated heterocycles. The lowest BCUT2D eigenvalue weighted by Crippen LogP contribution is -2.54. The number of rotatable bonds is 3. The Morgan fingerprint density at radius 2 is 1.82 bits per heavy atom. The van der Waals surface area contributed by atoms with Crippen molar-refractivity contribution >= 4 is 11.6 Å². The number of carbonyl (C=O) groups is 1. The van der Waals surface area contributed by atoms with Gasteiger partial charge in [0.05, 0.1) is 17.6 Å². The summed E-state index contributed by atoms with van der Waals surface area (Å²) in [6.07, 6.45) is 1.53. The van der Waals surface area contributed by atoms with Crippen LogP contribution >= 0.6 is 0 Å². The molecule has 0 N–H and O–H groups in total. The van der Waals surface area contributed by atoms with Gasteiger partial charge in [-0.3, -0.25) is 4.79 Å². The van der Waals surface area contributed by atoms with Crippen LogP contribution in [0.3, 0.4) is 0 Å². The molecule has 28 heavy (non-hydrogen) atoms. The molecule has 6 nitrogen and oxygen atoms in total. The first-order valence-corrected chi connectivity index (χ1v) is 9.01. The number of nitrogens with zero attached hydrogens (tertiary/aromatic N) is 5. The molecule has 1 unspecified atom stereocenters. The van der Waals surface area contributed by atoms with E-state index in [-0.39, 0.29) is 29.3 Å². The van der Waals surface area contributed by atoms with Crippen molar-refractivity contribution in [2.45, 2.75) is 13.0 Å². The van der Waals surface area contributed by atoms with E-state index in [1.165, 1.54) is 29.1 Å². The minimum atomic E-state index is -0.346. The standard InChI is InChI=1S/C20H19F2N5O/c1-14-12-25(19-5-3-2-4-17(19)22)10-11-26(14)20(28)18-13-27(24-23-18)16-8-6-15(21)7-9-16/h2-9,13-14H,10-12H2,1H3. The second-order valence-electron chi connectivity index (χ2n) is 6.77. The molecule has 1 aliphatic heterocycles. The lowest BCUT2D eigenvalue weighted by molar-refractivity contribution is 0.0667. The third-order valence-electron chi connectivity index (χ3n) is 4.89. The van der Waals surface area contributed by atoms with Crippen molar-refractivity contribution in [1.82, 2.24) is 19.9 Å². The molecule has 1 fully saturated rings. The molecule has 0 aliphatic carbocycles. The molecule has 1 amide bonds. The number of aromatic nitrogens is 3. The van der Waals surface area contributed by atoms with Gasteiger partial charge in [-0.1, -0.05) is 17.3 Å². The fourth-order valence-corrected chi connectivity index (χ4v) is 3.42. The van der Waals surface area contributed by atoms with E-state index in [4.69, 9.17) is 0 Å². The van der Waals surface area contributed by atoms with Crippen LogP contribution in [-0.4, -0.2) is 51.5 Å². The maximum atomic E-state index is 14.0. The molecular formula is C20H19F2N5O. The van der Waals surface area contributed by atoms with Gasteiger partial charge in [-0.2, -0.15) is 0 Å². The normalized spacial score (nSPS) is 17.0. The Morgan fingerprint density at radius 1 is 1.07 bits per heavy atom. The predicted molar refractivity (Wildman–Crippen MR) is 100 cm³/mol. The number of piperazine rings is 1. The third-order valence-corrected chi connectivity index (χ3v) is 4.89. The summed E-state index contributed by atoms with van der Waals surface area (Å²) < 4.78 is 28.5. The lowest BCUT2D eigenvalue weighted by atomic mass is 10.1. The van der Waals surface area contributed by atoms with Crippen LogP contribution < -0.4 is 4.90 Å². The van der Waals surface area contributed by atoms with Gasteiger partial charge in [-0.25, -0.2) is 13.5 Å². The Labute approximate surface area is 161 Å². The summed E-state index contributed by atoms with van der Waals surface area (Å²) in [4.78, 5) is 16.5. The zero-order valence-corrected chi connectivity index (χ0v) is 15.3. The van der Waals surface area contributed by atoms with E-state index >= 15 is 0 Å². The van der Waals surface area contributed by atoms with E-state index in [1.54, 1.807) is 35.2 Å². The number of hydrogen-bond acceptors (Lipinski definition) is 4.